The molecule has 2 N–H and O–H groups in total. The van der Waals surface area contributed by atoms with E-state index < -0.39 is 0 Å². The highest BCUT2D eigenvalue weighted by molar-refractivity contribution is 6.30. The third kappa shape index (κ3) is 4.08. The summed E-state index contributed by atoms with van der Waals surface area (Å²) in [6, 6.07) is 11.2. The number of pyridine rings is 1. The number of allylic oxidation sites excluding steroid dienone is 1. The molecular formula is C19H18ClN3O. The zero-order valence-electron chi connectivity index (χ0n) is 13.2. The Bertz CT molecular complexity index is 797. The fraction of sp³-hybridized carbons (Fsp3) is 0.211. The number of benzene rings is 1. The van der Waals surface area contributed by atoms with Gasteiger partial charge in [-0.05, 0) is 49.2 Å². The first-order valence-electron chi connectivity index (χ1n) is 7.81. The summed E-state index contributed by atoms with van der Waals surface area (Å²) in [4.78, 5) is 6.52. The number of hydrogen-bond acceptors (Lipinski definition) is 4. The van der Waals surface area contributed by atoms with Crippen LogP contribution in [-0.2, 0) is 0 Å². The molecule has 0 bridgehead atoms. The molecule has 0 saturated carbocycles. The number of halogens is 1. The van der Waals surface area contributed by atoms with Crippen molar-refractivity contribution in [1.82, 2.24) is 4.98 Å². The van der Waals surface area contributed by atoms with Crippen LogP contribution in [0.25, 0.3) is 0 Å². The maximum atomic E-state index is 9.19. The van der Waals surface area contributed by atoms with Crippen LogP contribution in [0.15, 0.2) is 54.2 Å². The second-order valence-electron chi connectivity index (χ2n) is 5.56. The van der Waals surface area contributed by atoms with Gasteiger partial charge in [-0.15, -0.1) is 0 Å². The molecule has 1 aromatic carbocycles. The summed E-state index contributed by atoms with van der Waals surface area (Å²) in [7, 11) is 0. The fourth-order valence-corrected chi connectivity index (χ4v) is 2.86. The third-order valence-electron chi connectivity index (χ3n) is 3.93. The first-order chi connectivity index (χ1) is 11.8. The predicted octanol–water partition coefficient (Wildman–Crippen LogP) is 4.11. The van der Waals surface area contributed by atoms with Crippen molar-refractivity contribution >= 4 is 23.1 Å². The van der Waals surface area contributed by atoms with Crippen molar-refractivity contribution in [1.29, 1.82) is 0 Å². The minimum atomic E-state index is 0.630. The van der Waals surface area contributed by atoms with Gasteiger partial charge in [0.1, 0.15) is 5.69 Å². The summed E-state index contributed by atoms with van der Waals surface area (Å²) in [5.74, 6) is 7.01. The average Bonchev–Trinajstić information content (AvgIpc) is 2.62. The van der Waals surface area contributed by atoms with E-state index in [1.54, 1.807) is 12.3 Å². The van der Waals surface area contributed by atoms with Crippen molar-refractivity contribution in [2.24, 2.45) is 0 Å². The van der Waals surface area contributed by atoms with Crippen LogP contribution >= 0.6 is 11.6 Å². The molecule has 0 spiro atoms. The van der Waals surface area contributed by atoms with E-state index in [2.05, 4.69) is 27.2 Å². The Labute approximate surface area is 146 Å². The van der Waals surface area contributed by atoms with E-state index in [9.17, 15) is 5.21 Å². The molecule has 4 nitrogen and oxygen atoms in total. The minimum absolute atomic E-state index is 0.630. The van der Waals surface area contributed by atoms with Crippen molar-refractivity contribution in [3.05, 3.63) is 64.8 Å². The van der Waals surface area contributed by atoms with Crippen LogP contribution in [0, 0.1) is 11.8 Å². The largest absolute Gasteiger partial charge is 0.354 e. The molecule has 0 radical (unpaired) electrons. The number of aromatic nitrogens is 1. The van der Waals surface area contributed by atoms with Crippen LogP contribution in [0.1, 0.15) is 18.4 Å². The molecule has 24 heavy (non-hydrogen) atoms. The molecule has 3 rings (SSSR count). The van der Waals surface area contributed by atoms with Crippen molar-refractivity contribution in [3.63, 3.8) is 0 Å². The molecule has 5 heteroatoms. The Morgan fingerprint density at radius 1 is 1.21 bits per heavy atom. The van der Waals surface area contributed by atoms with E-state index in [0.29, 0.717) is 10.7 Å². The molecule has 122 valence electrons. The number of anilines is 2. The molecule has 2 heterocycles. The normalized spacial score (nSPS) is 13.9. The summed E-state index contributed by atoms with van der Waals surface area (Å²) >= 11 is 5.95. The highest BCUT2D eigenvalue weighted by atomic mass is 35.5. The monoisotopic (exact) mass is 339 g/mol. The maximum absolute atomic E-state index is 9.19. The molecule has 1 aromatic heterocycles. The second-order valence-corrected chi connectivity index (χ2v) is 5.99. The summed E-state index contributed by atoms with van der Waals surface area (Å²) in [6.45, 7) is 1.72. The van der Waals surface area contributed by atoms with E-state index in [4.69, 9.17) is 11.6 Å². The average molecular weight is 340 g/mol. The van der Waals surface area contributed by atoms with Crippen LogP contribution in [0.2, 0.25) is 5.02 Å². The van der Waals surface area contributed by atoms with Gasteiger partial charge in [0.15, 0.2) is 5.82 Å². The predicted molar refractivity (Wildman–Crippen MR) is 97.5 cm³/mol. The van der Waals surface area contributed by atoms with Gasteiger partial charge in [0, 0.05) is 29.9 Å². The number of nitrogens with one attached hydrogen (secondary N) is 1. The van der Waals surface area contributed by atoms with Crippen LogP contribution in [-0.4, -0.2) is 23.3 Å². The molecular weight excluding hydrogens is 322 g/mol. The smallest absolute Gasteiger partial charge is 0.154 e. The lowest BCUT2D eigenvalue weighted by atomic mass is 10.0. The highest BCUT2D eigenvalue weighted by Crippen LogP contribution is 2.26. The molecule has 1 aliphatic rings. The lowest BCUT2D eigenvalue weighted by Crippen LogP contribution is -2.31. The van der Waals surface area contributed by atoms with Gasteiger partial charge >= 0.3 is 0 Å². The highest BCUT2D eigenvalue weighted by Gasteiger charge is 2.17. The van der Waals surface area contributed by atoms with Crippen molar-refractivity contribution in [3.8, 4) is 11.8 Å². The summed E-state index contributed by atoms with van der Waals surface area (Å²) < 4.78 is 0. The van der Waals surface area contributed by atoms with Gasteiger partial charge in [0.25, 0.3) is 0 Å². The van der Waals surface area contributed by atoms with Gasteiger partial charge in [0.2, 0.25) is 0 Å². The fourth-order valence-electron chi connectivity index (χ4n) is 2.67. The quantitative estimate of drug-likeness (QED) is 0.638. The number of rotatable bonds is 2. The minimum Gasteiger partial charge on any atom is -0.354 e. The topological polar surface area (TPSA) is 48.4 Å². The first kappa shape index (κ1) is 16.4. The van der Waals surface area contributed by atoms with Crippen molar-refractivity contribution in [2.45, 2.75) is 12.8 Å². The Balaban J connectivity index is 1.63. The molecule has 1 saturated heterocycles. The molecule has 1 fully saturated rings. The number of nitrogens with zero attached hydrogens (tertiary/aromatic N) is 2. The Hall–Kier alpha value is -2.48. The lowest BCUT2D eigenvalue weighted by molar-refractivity contribution is 0.388. The Morgan fingerprint density at radius 2 is 2.04 bits per heavy atom. The van der Waals surface area contributed by atoms with Gasteiger partial charge in [0.05, 0.1) is 0 Å². The number of hydrogen-bond donors (Lipinski definition) is 2. The van der Waals surface area contributed by atoms with E-state index >= 15 is 0 Å². The van der Waals surface area contributed by atoms with Gasteiger partial charge < -0.3 is 4.90 Å². The SMILES string of the molecule is ONc1cccnc1N1CCC(=CC#Cc2cccc(Cl)c2)CC1. The molecule has 0 atom stereocenters. The standard InChI is InChI=1S/C19H18ClN3O/c20-17-7-2-6-16(14-17)5-1-4-15-9-12-23(13-10-15)19-18(22-24)8-3-11-21-19/h2-4,6-8,11,14,22,24H,9-10,12-13H2. The molecule has 0 unspecified atom stereocenters. The van der Waals surface area contributed by atoms with Gasteiger partial charge in [-0.1, -0.05) is 35.1 Å². The maximum Gasteiger partial charge on any atom is 0.154 e. The Morgan fingerprint density at radius 3 is 2.79 bits per heavy atom. The summed E-state index contributed by atoms with van der Waals surface area (Å²) in [5, 5.41) is 9.89. The van der Waals surface area contributed by atoms with Gasteiger partial charge in [-0.2, -0.15) is 0 Å². The first-order valence-corrected chi connectivity index (χ1v) is 8.19. The van der Waals surface area contributed by atoms with Crippen LogP contribution in [0.3, 0.4) is 0 Å². The Kier molecular flexibility index (Phi) is 5.37. The third-order valence-corrected chi connectivity index (χ3v) is 4.16. The lowest BCUT2D eigenvalue weighted by Gasteiger charge is -2.30. The zero-order chi connectivity index (χ0) is 16.8. The van der Waals surface area contributed by atoms with Crippen LogP contribution in [0.4, 0.5) is 11.5 Å². The van der Waals surface area contributed by atoms with Crippen LogP contribution in [0.5, 0.6) is 0 Å². The van der Waals surface area contributed by atoms with Gasteiger partial charge in [-0.3, -0.25) is 10.7 Å². The second kappa shape index (κ2) is 7.87. The molecule has 0 amide bonds. The van der Waals surface area contributed by atoms with E-state index in [1.165, 1.54) is 5.57 Å². The van der Waals surface area contributed by atoms with Crippen LogP contribution < -0.4 is 10.4 Å². The van der Waals surface area contributed by atoms with E-state index in [0.717, 1.165) is 37.3 Å². The van der Waals surface area contributed by atoms with Crippen molar-refractivity contribution in [2.75, 3.05) is 23.5 Å². The summed E-state index contributed by atoms with van der Waals surface area (Å²) in [6.07, 6.45) is 5.61. The zero-order valence-corrected chi connectivity index (χ0v) is 13.9. The summed E-state index contributed by atoms with van der Waals surface area (Å²) in [5.41, 5.74) is 5.09. The number of piperidine rings is 1. The molecule has 2 aromatic rings. The van der Waals surface area contributed by atoms with E-state index in [-0.39, 0.29) is 0 Å². The van der Waals surface area contributed by atoms with Crippen molar-refractivity contribution < 1.29 is 5.21 Å². The molecule has 1 aliphatic heterocycles. The van der Waals surface area contributed by atoms with Gasteiger partial charge in [-0.25, -0.2) is 4.98 Å². The van der Waals surface area contributed by atoms with E-state index in [1.807, 2.05) is 36.4 Å². The molecule has 0 aliphatic carbocycles.